The highest BCUT2D eigenvalue weighted by Crippen LogP contribution is 2.17. The minimum Gasteiger partial charge on any atom is -0.489 e. The number of morpholine rings is 1. The molecule has 27 heavy (non-hydrogen) atoms. The van der Waals surface area contributed by atoms with E-state index in [1.54, 1.807) is 13.1 Å². The molecule has 0 amide bonds. The minimum atomic E-state index is 0. The van der Waals surface area contributed by atoms with Crippen LogP contribution in [0.4, 0.5) is 0 Å². The summed E-state index contributed by atoms with van der Waals surface area (Å²) in [6.07, 6.45) is 1.75. The zero-order valence-electron chi connectivity index (χ0n) is 16.6. The van der Waals surface area contributed by atoms with Gasteiger partial charge >= 0.3 is 0 Å². The molecule has 2 rings (SSSR count). The molecule has 1 heterocycles. The van der Waals surface area contributed by atoms with E-state index in [0.717, 1.165) is 43.6 Å². The number of halogens is 1. The van der Waals surface area contributed by atoms with Crippen LogP contribution in [0.2, 0.25) is 0 Å². The lowest BCUT2D eigenvalue weighted by molar-refractivity contribution is -0.0174. The monoisotopic (exact) mass is 488 g/mol. The summed E-state index contributed by atoms with van der Waals surface area (Å²) in [5.74, 6) is 1.65. The highest BCUT2D eigenvalue weighted by atomic mass is 127. The molecule has 6 nitrogen and oxygen atoms in total. The molecule has 0 spiro atoms. The van der Waals surface area contributed by atoms with Gasteiger partial charge in [-0.05, 0) is 19.9 Å². The van der Waals surface area contributed by atoms with Gasteiger partial charge in [0.25, 0.3) is 0 Å². The Morgan fingerprint density at radius 1 is 1.44 bits per heavy atom. The maximum atomic E-state index is 5.70. The van der Waals surface area contributed by atoms with Crippen molar-refractivity contribution in [2.24, 2.45) is 4.99 Å². The number of rotatable bonds is 8. The summed E-state index contributed by atoms with van der Waals surface area (Å²) < 4.78 is 11.2. The average molecular weight is 488 g/mol. The second kappa shape index (κ2) is 13.0. The molecule has 2 atom stereocenters. The van der Waals surface area contributed by atoms with E-state index < -0.39 is 0 Å². The maximum absolute atomic E-state index is 5.70. The van der Waals surface area contributed by atoms with E-state index >= 15 is 0 Å². The van der Waals surface area contributed by atoms with Gasteiger partial charge in [0.1, 0.15) is 12.4 Å². The highest BCUT2D eigenvalue weighted by molar-refractivity contribution is 14.0. The van der Waals surface area contributed by atoms with Gasteiger partial charge in [0.15, 0.2) is 5.96 Å². The Bertz CT molecular complexity index is 597. The molecule has 0 aliphatic carbocycles. The van der Waals surface area contributed by atoms with Crippen molar-refractivity contribution in [3.63, 3.8) is 0 Å². The van der Waals surface area contributed by atoms with Crippen LogP contribution in [0.5, 0.6) is 5.75 Å². The van der Waals surface area contributed by atoms with Crippen LogP contribution in [0, 0.1) is 0 Å². The van der Waals surface area contributed by atoms with Crippen LogP contribution in [-0.4, -0.2) is 62.9 Å². The van der Waals surface area contributed by atoms with Gasteiger partial charge in [-0.25, -0.2) is 0 Å². The molecule has 1 fully saturated rings. The molecule has 0 radical (unpaired) electrons. The van der Waals surface area contributed by atoms with E-state index in [0.29, 0.717) is 25.2 Å². The van der Waals surface area contributed by atoms with Gasteiger partial charge in [-0.2, -0.15) is 0 Å². The fourth-order valence-electron chi connectivity index (χ4n) is 3.10. The third kappa shape index (κ3) is 7.67. The summed E-state index contributed by atoms with van der Waals surface area (Å²) in [6, 6.07) is 8.87. The molecule has 152 valence electrons. The Kier molecular flexibility index (Phi) is 11.4. The second-order valence-corrected chi connectivity index (χ2v) is 6.52. The number of hydrogen-bond acceptors (Lipinski definition) is 4. The quantitative estimate of drug-likeness (QED) is 0.255. The molecule has 1 aliphatic rings. The van der Waals surface area contributed by atoms with Crippen LogP contribution in [0.15, 0.2) is 41.9 Å². The summed E-state index contributed by atoms with van der Waals surface area (Å²) in [6.45, 7) is 12.7. The molecular weight excluding hydrogens is 455 g/mol. The van der Waals surface area contributed by atoms with Gasteiger partial charge in [-0.15, -0.1) is 24.0 Å². The van der Waals surface area contributed by atoms with E-state index in [9.17, 15) is 0 Å². The van der Waals surface area contributed by atoms with E-state index in [4.69, 9.17) is 9.47 Å². The van der Waals surface area contributed by atoms with Gasteiger partial charge in [0.2, 0.25) is 0 Å². The Labute approximate surface area is 180 Å². The van der Waals surface area contributed by atoms with Crippen LogP contribution >= 0.6 is 24.0 Å². The number of aliphatic imine (C=N–C) groups is 1. The Morgan fingerprint density at radius 2 is 2.22 bits per heavy atom. The van der Waals surface area contributed by atoms with E-state index in [-0.39, 0.29) is 24.0 Å². The largest absolute Gasteiger partial charge is 0.489 e. The predicted molar refractivity (Wildman–Crippen MR) is 122 cm³/mol. The SMILES string of the molecule is C=CCOc1ccccc1CNC(=NC)NCC(C)N1CCOCC1C.I. The first-order chi connectivity index (χ1) is 12.7. The van der Waals surface area contributed by atoms with Crippen LogP contribution in [0.3, 0.4) is 0 Å². The molecule has 7 heteroatoms. The van der Waals surface area contributed by atoms with Gasteiger partial charge < -0.3 is 20.1 Å². The standard InChI is InChI=1S/C20H32N4O2.HI/c1-5-11-26-19-9-7-6-8-18(19)14-23-20(21-4)22-13-16(2)24-10-12-25-15-17(24)3;/h5-9,16-17H,1,10-15H2,2-4H3,(H2,21,22,23);1H. The molecule has 0 saturated carbocycles. The minimum absolute atomic E-state index is 0. The van der Waals surface area contributed by atoms with Gasteiger partial charge in [0, 0.05) is 44.3 Å². The summed E-state index contributed by atoms with van der Waals surface area (Å²) >= 11 is 0. The molecule has 1 aromatic carbocycles. The Morgan fingerprint density at radius 3 is 2.93 bits per heavy atom. The predicted octanol–water partition coefficient (Wildman–Crippen LogP) is 2.64. The average Bonchev–Trinajstić information content (AvgIpc) is 2.67. The topological polar surface area (TPSA) is 58.1 Å². The van der Waals surface area contributed by atoms with Gasteiger partial charge in [0.05, 0.1) is 13.2 Å². The molecule has 1 aliphatic heterocycles. The first-order valence-corrected chi connectivity index (χ1v) is 9.25. The zero-order valence-corrected chi connectivity index (χ0v) is 18.9. The normalized spacial score (nSPS) is 18.9. The third-order valence-corrected chi connectivity index (χ3v) is 4.55. The summed E-state index contributed by atoms with van der Waals surface area (Å²) in [5.41, 5.74) is 1.09. The van der Waals surface area contributed by atoms with Crippen molar-refractivity contribution in [3.8, 4) is 5.75 Å². The van der Waals surface area contributed by atoms with Crippen LogP contribution < -0.4 is 15.4 Å². The summed E-state index contributed by atoms with van der Waals surface area (Å²) in [5, 5.41) is 6.78. The van der Waals surface area contributed by atoms with Gasteiger partial charge in [-0.1, -0.05) is 30.9 Å². The first-order valence-electron chi connectivity index (χ1n) is 9.25. The van der Waals surface area contributed by atoms with Crippen molar-refractivity contribution in [1.29, 1.82) is 0 Å². The molecule has 0 bridgehead atoms. The number of nitrogens with zero attached hydrogens (tertiary/aromatic N) is 2. The number of para-hydroxylation sites is 1. The lowest BCUT2D eigenvalue weighted by Gasteiger charge is -2.38. The molecule has 0 aromatic heterocycles. The number of benzene rings is 1. The fraction of sp³-hybridized carbons (Fsp3) is 0.550. The smallest absolute Gasteiger partial charge is 0.191 e. The maximum Gasteiger partial charge on any atom is 0.191 e. The number of nitrogens with one attached hydrogen (secondary N) is 2. The van der Waals surface area contributed by atoms with Crippen molar-refractivity contribution in [1.82, 2.24) is 15.5 Å². The van der Waals surface area contributed by atoms with Crippen molar-refractivity contribution in [2.45, 2.75) is 32.5 Å². The number of ether oxygens (including phenoxy) is 2. The molecule has 1 saturated heterocycles. The Balaban J connectivity index is 0.00000364. The number of hydrogen-bond donors (Lipinski definition) is 2. The number of guanidine groups is 1. The summed E-state index contributed by atoms with van der Waals surface area (Å²) in [4.78, 5) is 6.80. The third-order valence-electron chi connectivity index (χ3n) is 4.55. The van der Waals surface area contributed by atoms with E-state index in [1.165, 1.54) is 0 Å². The zero-order chi connectivity index (χ0) is 18.8. The molecule has 2 N–H and O–H groups in total. The van der Waals surface area contributed by atoms with Crippen LogP contribution in [0.1, 0.15) is 19.4 Å². The van der Waals surface area contributed by atoms with Crippen molar-refractivity contribution < 1.29 is 9.47 Å². The lowest BCUT2D eigenvalue weighted by Crippen LogP contribution is -2.52. The van der Waals surface area contributed by atoms with Crippen molar-refractivity contribution in [2.75, 3.05) is 40.0 Å². The van der Waals surface area contributed by atoms with Crippen LogP contribution in [-0.2, 0) is 11.3 Å². The second-order valence-electron chi connectivity index (χ2n) is 6.52. The van der Waals surface area contributed by atoms with Crippen molar-refractivity contribution >= 4 is 29.9 Å². The van der Waals surface area contributed by atoms with Crippen LogP contribution in [0.25, 0.3) is 0 Å². The van der Waals surface area contributed by atoms with Gasteiger partial charge in [-0.3, -0.25) is 9.89 Å². The van der Waals surface area contributed by atoms with Crippen molar-refractivity contribution in [3.05, 3.63) is 42.5 Å². The highest BCUT2D eigenvalue weighted by Gasteiger charge is 2.23. The lowest BCUT2D eigenvalue weighted by atomic mass is 10.2. The summed E-state index contributed by atoms with van der Waals surface area (Å²) in [7, 11) is 1.79. The Hall–Kier alpha value is -1.32. The molecule has 1 aromatic rings. The molecular formula is C20H33IN4O2. The van der Waals surface area contributed by atoms with E-state index in [1.807, 2.05) is 18.2 Å². The fourth-order valence-corrected chi connectivity index (χ4v) is 3.10. The first kappa shape index (κ1) is 23.7. The molecule has 2 unspecified atom stereocenters. The van der Waals surface area contributed by atoms with E-state index in [2.05, 4.69) is 47.0 Å².